The van der Waals surface area contributed by atoms with Crippen molar-refractivity contribution in [3.8, 4) is 0 Å². The molecule has 134 valence electrons. The Hall–Kier alpha value is -1.61. The molecule has 2 aromatic carbocycles. The van der Waals surface area contributed by atoms with Gasteiger partial charge in [-0.15, -0.1) is 0 Å². The maximum absolute atomic E-state index is 12.9. The Kier molecular flexibility index (Phi) is 4.80. The summed E-state index contributed by atoms with van der Waals surface area (Å²) in [5.74, 6) is 0. The van der Waals surface area contributed by atoms with Crippen molar-refractivity contribution in [3.05, 3.63) is 63.7 Å². The van der Waals surface area contributed by atoms with Gasteiger partial charge in [-0.05, 0) is 34.9 Å². The Labute approximate surface area is 148 Å². The zero-order valence-corrected chi connectivity index (χ0v) is 14.4. The topological polar surface area (TPSA) is 58.2 Å². The lowest BCUT2D eigenvalue weighted by Crippen LogP contribution is -2.24. The quantitative estimate of drug-likeness (QED) is 0.840. The van der Waals surface area contributed by atoms with Crippen molar-refractivity contribution >= 4 is 21.6 Å². The lowest BCUT2D eigenvalue weighted by Gasteiger charge is -2.12. The van der Waals surface area contributed by atoms with Gasteiger partial charge in [0, 0.05) is 19.6 Å². The maximum atomic E-state index is 12.9. The summed E-state index contributed by atoms with van der Waals surface area (Å²) in [7, 11) is -4.10. The van der Waals surface area contributed by atoms with Crippen LogP contribution >= 0.6 is 11.6 Å². The SMILES string of the molecule is O=S(=O)(NCc1ccc2c(c1)CNC2)c1ccc(Cl)c(C(F)(F)F)c1. The summed E-state index contributed by atoms with van der Waals surface area (Å²) in [6, 6.07) is 8.09. The number of hydrogen-bond acceptors (Lipinski definition) is 3. The predicted molar refractivity (Wildman–Crippen MR) is 87.5 cm³/mol. The smallest absolute Gasteiger partial charge is 0.309 e. The maximum Gasteiger partial charge on any atom is 0.417 e. The molecule has 0 aromatic heterocycles. The van der Waals surface area contributed by atoms with E-state index in [0.29, 0.717) is 12.6 Å². The first-order valence-electron chi connectivity index (χ1n) is 7.34. The van der Waals surface area contributed by atoms with Crippen LogP contribution in [0.2, 0.25) is 5.02 Å². The number of sulfonamides is 1. The molecular weight excluding hydrogens is 377 g/mol. The molecule has 0 saturated heterocycles. The number of nitrogens with one attached hydrogen (secondary N) is 2. The standard InChI is InChI=1S/C16H14ClF3N2O2S/c17-15-4-3-13(6-14(15)16(18,19)20)25(23,24)22-7-10-1-2-11-8-21-9-12(11)5-10/h1-6,21-22H,7-9H2. The third-order valence-electron chi connectivity index (χ3n) is 3.92. The van der Waals surface area contributed by atoms with Gasteiger partial charge >= 0.3 is 6.18 Å². The van der Waals surface area contributed by atoms with Crippen molar-refractivity contribution in [1.82, 2.24) is 10.0 Å². The minimum atomic E-state index is -4.73. The molecule has 0 spiro atoms. The van der Waals surface area contributed by atoms with Crippen molar-refractivity contribution in [3.63, 3.8) is 0 Å². The van der Waals surface area contributed by atoms with E-state index in [0.717, 1.165) is 35.4 Å². The van der Waals surface area contributed by atoms with Crippen LogP contribution in [-0.2, 0) is 35.8 Å². The molecular formula is C16H14ClF3N2O2S. The van der Waals surface area contributed by atoms with Crippen LogP contribution in [0.4, 0.5) is 13.2 Å². The van der Waals surface area contributed by atoms with E-state index in [-0.39, 0.29) is 6.54 Å². The second kappa shape index (κ2) is 6.60. The van der Waals surface area contributed by atoms with Gasteiger partial charge in [-0.1, -0.05) is 29.8 Å². The third-order valence-corrected chi connectivity index (χ3v) is 5.65. The highest BCUT2D eigenvalue weighted by molar-refractivity contribution is 7.89. The molecule has 1 heterocycles. The van der Waals surface area contributed by atoms with Gasteiger partial charge in [0.15, 0.2) is 0 Å². The highest BCUT2D eigenvalue weighted by Crippen LogP contribution is 2.35. The summed E-state index contributed by atoms with van der Waals surface area (Å²) in [5, 5.41) is 2.64. The van der Waals surface area contributed by atoms with E-state index in [1.165, 1.54) is 0 Å². The average Bonchev–Trinajstić information content (AvgIpc) is 2.99. The Morgan fingerprint density at radius 1 is 1.08 bits per heavy atom. The predicted octanol–water partition coefficient (Wildman–Crippen LogP) is 3.44. The summed E-state index contributed by atoms with van der Waals surface area (Å²) in [6.07, 6.45) is -4.73. The lowest BCUT2D eigenvalue weighted by molar-refractivity contribution is -0.137. The number of fused-ring (bicyclic) bond motifs is 1. The fraction of sp³-hybridized carbons (Fsp3) is 0.250. The monoisotopic (exact) mass is 390 g/mol. The molecule has 0 aliphatic carbocycles. The van der Waals surface area contributed by atoms with Crippen molar-refractivity contribution in [2.75, 3.05) is 0 Å². The van der Waals surface area contributed by atoms with Gasteiger partial charge < -0.3 is 5.32 Å². The molecule has 1 aliphatic rings. The molecule has 1 aliphatic heterocycles. The van der Waals surface area contributed by atoms with Gasteiger partial charge in [0.2, 0.25) is 10.0 Å². The van der Waals surface area contributed by atoms with Crippen molar-refractivity contribution in [1.29, 1.82) is 0 Å². The molecule has 0 bridgehead atoms. The van der Waals surface area contributed by atoms with E-state index in [4.69, 9.17) is 11.6 Å². The van der Waals surface area contributed by atoms with Gasteiger partial charge in [-0.2, -0.15) is 13.2 Å². The summed E-state index contributed by atoms with van der Waals surface area (Å²) >= 11 is 5.52. The minimum Gasteiger partial charge on any atom is -0.309 e. The average molecular weight is 391 g/mol. The van der Waals surface area contributed by atoms with E-state index in [9.17, 15) is 21.6 Å². The molecule has 4 nitrogen and oxygen atoms in total. The molecule has 3 rings (SSSR count). The first-order valence-corrected chi connectivity index (χ1v) is 9.21. The molecule has 2 N–H and O–H groups in total. The first-order chi connectivity index (χ1) is 11.7. The molecule has 9 heteroatoms. The summed E-state index contributed by atoms with van der Waals surface area (Å²) < 4.78 is 65.6. The largest absolute Gasteiger partial charge is 0.417 e. The molecule has 0 atom stereocenters. The van der Waals surface area contributed by atoms with Gasteiger partial charge in [-0.25, -0.2) is 13.1 Å². The molecule has 0 fully saturated rings. The van der Waals surface area contributed by atoms with E-state index in [2.05, 4.69) is 10.0 Å². The van der Waals surface area contributed by atoms with Gasteiger partial charge in [-0.3, -0.25) is 0 Å². The molecule has 0 saturated carbocycles. The third kappa shape index (κ3) is 3.98. The lowest BCUT2D eigenvalue weighted by atomic mass is 10.1. The number of alkyl halides is 3. The van der Waals surface area contributed by atoms with Crippen LogP contribution in [0.3, 0.4) is 0 Å². The van der Waals surface area contributed by atoms with E-state index < -0.39 is 31.7 Å². The van der Waals surface area contributed by atoms with Crippen molar-refractivity contribution in [2.24, 2.45) is 0 Å². The van der Waals surface area contributed by atoms with Crippen LogP contribution in [0, 0.1) is 0 Å². The van der Waals surface area contributed by atoms with E-state index >= 15 is 0 Å². The Morgan fingerprint density at radius 2 is 1.80 bits per heavy atom. The fourth-order valence-corrected chi connectivity index (χ4v) is 3.88. The van der Waals surface area contributed by atoms with Gasteiger partial charge in [0.05, 0.1) is 15.5 Å². The van der Waals surface area contributed by atoms with Crippen LogP contribution < -0.4 is 10.0 Å². The van der Waals surface area contributed by atoms with Crippen LogP contribution in [0.25, 0.3) is 0 Å². The zero-order chi connectivity index (χ0) is 18.2. The van der Waals surface area contributed by atoms with Gasteiger partial charge in [0.25, 0.3) is 0 Å². The van der Waals surface area contributed by atoms with Crippen molar-refractivity contribution in [2.45, 2.75) is 30.7 Å². The molecule has 2 aromatic rings. The molecule has 0 radical (unpaired) electrons. The Bertz CT molecular complexity index is 914. The molecule has 25 heavy (non-hydrogen) atoms. The second-order valence-corrected chi connectivity index (χ2v) is 7.84. The summed E-state index contributed by atoms with van der Waals surface area (Å²) in [6.45, 7) is 1.47. The first kappa shape index (κ1) is 18.2. The zero-order valence-electron chi connectivity index (χ0n) is 12.8. The normalized spacial score (nSPS) is 14.6. The second-order valence-electron chi connectivity index (χ2n) is 5.67. The molecule has 0 unspecified atom stereocenters. The van der Waals surface area contributed by atoms with E-state index in [1.54, 1.807) is 6.07 Å². The Balaban J connectivity index is 1.80. The summed E-state index contributed by atoms with van der Waals surface area (Å²) in [5.41, 5.74) is 1.79. The number of benzene rings is 2. The number of hydrogen-bond donors (Lipinski definition) is 2. The fourth-order valence-electron chi connectivity index (χ4n) is 2.61. The van der Waals surface area contributed by atoms with Crippen LogP contribution in [0.1, 0.15) is 22.3 Å². The molecule has 0 amide bonds. The summed E-state index contributed by atoms with van der Waals surface area (Å²) in [4.78, 5) is -0.480. The van der Waals surface area contributed by atoms with Crippen LogP contribution in [0.5, 0.6) is 0 Å². The number of halogens is 4. The van der Waals surface area contributed by atoms with Crippen LogP contribution in [0.15, 0.2) is 41.3 Å². The Morgan fingerprint density at radius 3 is 2.52 bits per heavy atom. The minimum absolute atomic E-state index is 0.0143. The van der Waals surface area contributed by atoms with E-state index in [1.807, 2.05) is 12.1 Å². The van der Waals surface area contributed by atoms with Gasteiger partial charge in [0.1, 0.15) is 0 Å². The highest BCUT2D eigenvalue weighted by Gasteiger charge is 2.34. The highest BCUT2D eigenvalue weighted by atomic mass is 35.5. The number of rotatable bonds is 4. The van der Waals surface area contributed by atoms with Crippen LogP contribution in [-0.4, -0.2) is 8.42 Å². The van der Waals surface area contributed by atoms with Crippen molar-refractivity contribution < 1.29 is 21.6 Å².